The average molecular weight is 1470 g/mol. The Morgan fingerprint density at radius 2 is 0.722 bits per heavy atom. The number of nitrogens with zero attached hydrogens (tertiary/aromatic N) is 18. The van der Waals surface area contributed by atoms with Crippen molar-refractivity contribution >= 4 is 35.3 Å². The molecule has 0 saturated carbocycles. The maximum absolute atomic E-state index is 14.2. The minimum atomic E-state index is -2.53. The van der Waals surface area contributed by atoms with E-state index in [4.69, 9.17) is 14.6 Å². The van der Waals surface area contributed by atoms with Crippen LogP contribution in [0.5, 0.6) is 11.8 Å². The predicted molar refractivity (Wildman–Crippen MR) is 399 cm³/mol. The first-order chi connectivity index (χ1) is 52.6. The third kappa shape index (κ3) is 18.0. The van der Waals surface area contributed by atoms with Crippen LogP contribution in [0.2, 0.25) is 0 Å². The molecule has 552 valence electrons. The van der Waals surface area contributed by atoms with Crippen molar-refractivity contribution in [2.45, 2.75) is 39.4 Å². The summed E-state index contributed by atoms with van der Waals surface area (Å²) in [6.45, 7) is 9.27. The summed E-state index contributed by atoms with van der Waals surface area (Å²) in [5.41, 5.74) is 9.66. The van der Waals surface area contributed by atoms with E-state index in [1.807, 2.05) is 130 Å². The fourth-order valence-electron chi connectivity index (χ4n) is 12.8. The van der Waals surface area contributed by atoms with Gasteiger partial charge in [-0.3, -0.25) is 28.4 Å². The van der Waals surface area contributed by atoms with Gasteiger partial charge in [0.2, 0.25) is 35.4 Å². The molecule has 0 unspecified atom stereocenters. The second-order valence-electron chi connectivity index (χ2n) is 25.6. The van der Waals surface area contributed by atoms with Crippen molar-refractivity contribution in [3.05, 3.63) is 242 Å². The highest BCUT2D eigenvalue weighted by Gasteiger charge is 2.29. The van der Waals surface area contributed by atoms with Crippen LogP contribution in [-0.2, 0) is 34.0 Å². The number of carbonyl (C=O) groups excluding carboxylic acids is 3. The molecule has 3 aliphatic rings. The smallest absolute Gasteiger partial charge is 0.263 e. The van der Waals surface area contributed by atoms with Crippen LogP contribution in [0.25, 0.3) is 67.5 Å². The number of methoxy groups -OCH3 is 2. The van der Waals surface area contributed by atoms with E-state index in [1.165, 1.54) is 43.0 Å². The molecular formula is C80H77F5N18O5. The molecule has 28 heteroatoms. The van der Waals surface area contributed by atoms with Crippen molar-refractivity contribution < 1.29 is 45.8 Å². The molecule has 3 fully saturated rings. The number of ether oxygens (including phenoxy) is 2. The summed E-state index contributed by atoms with van der Waals surface area (Å²) < 4.78 is 81.6. The lowest BCUT2D eigenvalue weighted by Gasteiger charge is -2.35. The molecule has 0 radical (unpaired) electrons. The SMILES string of the molecule is COc1cc(N2CCN(C(=O)Cn3nc(-c4ccc(C(F)F)cc4)cc3-c3ccccc3)CC2)ncn1.COc1cc(N2CCN(C(=O)Cn3nc(-c4ccc(C)c(F)c4)cc3-c3ccccc3)CC2)ncn1.O=C(Cn1nc(-c2ccc(C(F)F)cc2)cc1-c1ccccc1)N1CCN(c2ncccn2)CC1. The average Bonchev–Trinajstić information content (AvgIpc) is 1.66. The second-order valence-corrected chi connectivity index (χ2v) is 25.6. The Morgan fingerprint density at radius 1 is 0.380 bits per heavy atom. The van der Waals surface area contributed by atoms with Crippen LogP contribution in [0, 0.1) is 12.7 Å². The van der Waals surface area contributed by atoms with E-state index in [1.54, 1.807) is 96.1 Å². The summed E-state index contributed by atoms with van der Waals surface area (Å²) in [5, 5.41) is 14.1. The second kappa shape index (κ2) is 34.4. The van der Waals surface area contributed by atoms with E-state index < -0.39 is 12.9 Å². The Hall–Kier alpha value is -12.8. The van der Waals surface area contributed by atoms with Crippen molar-refractivity contribution in [2.75, 3.05) is 107 Å². The summed E-state index contributed by atoms with van der Waals surface area (Å²) >= 11 is 0. The Balaban J connectivity index is 0.000000143. The highest BCUT2D eigenvalue weighted by Crippen LogP contribution is 2.33. The molecule has 0 bridgehead atoms. The summed E-state index contributed by atoms with van der Waals surface area (Å²) in [6, 6.07) is 57.4. The number of aryl methyl sites for hydroxylation is 1. The number of alkyl halides is 4. The molecule has 15 rings (SSSR count). The molecule has 6 aromatic heterocycles. The van der Waals surface area contributed by atoms with E-state index in [0.29, 0.717) is 136 Å². The van der Waals surface area contributed by atoms with Crippen molar-refractivity contribution in [3.63, 3.8) is 0 Å². The van der Waals surface area contributed by atoms with Gasteiger partial charge in [0.05, 0.1) is 48.4 Å². The normalized spacial score (nSPS) is 13.8. The zero-order chi connectivity index (χ0) is 75.0. The first-order valence-electron chi connectivity index (χ1n) is 35.1. The number of benzene rings is 6. The number of hydrogen-bond donors (Lipinski definition) is 0. The van der Waals surface area contributed by atoms with Crippen LogP contribution < -0.4 is 24.2 Å². The Labute approximate surface area is 620 Å². The molecule has 0 N–H and O–H groups in total. The first kappa shape index (κ1) is 73.6. The molecule has 23 nitrogen and oxygen atoms in total. The van der Waals surface area contributed by atoms with Gasteiger partial charge in [0, 0.05) is 131 Å². The number of piperazine rings is 3. The van der Waals surface area contributed by atoms with Gasteiger partial charge in [0.25, 0.3) is 12.9 Å². The van der Waals surface area contributed by atoms with Crippen LogP contribution in [0.4, 0.5) is 39.5 Å². The summed E-state index contributed by atoms with van der Waals surface area (Å²) in [6.07, 6.45) is 1.32. The zero-order valence-electron chi connectivity index (χ0n) is 59.5. The van der Waals surface area contributed by atoms with Gasteiger partial charge in [-0.05, 0) is 59.5 Å². The number of halogens is 5. The van der Waals surface area contributed by atoms with Gasteiger partial charge in [-0.25, -0.2) is 51.9 Å². The molecule has 3 aliphatic heterocycles. The molecule has 0 aliphatic carbocycles. The highest BCUT2D eigenvalue weighted by atomic mass is 19.3. The lowest BCUT2D eigenvalue weighted by atomic mass is 10.1. The minimum Gasteiger partial charge on any atom is -0.481 e. The molecule has 108 heavy (non-hydrogen) atoms. The molecule has 12 aromatic rings. The molecule has 9 heterocycles. The number of amides is 3. The van der Waals surface area contributed by atoms with Gasteiger partial charge < -0.3 is 38.9 Å². The Morgan fingerprint density at radius 3 is 1.06 bits per heavy atom. The Kier molecular flexibility index (Phi) is 23.5. The van der Waals surface area contributed by atoms with E-state index in [-0.39, 0.29) is 54.3 Å². The molecule has 0 atom stereocenters. The standard InChI is InChI=1S/C27H26F2N6O2.C27H27FN6O2.C26H24F2N6O/c1-37-25-16-24(30-18-31-25)33-11-13-34(14-12-33)26(36)17-35-23(20-5-3-2-4-6-20)15-22(32-35)19-7-9-21(10-8-19)27(28)29;1-19-8-9-21(14-22(19)28)23-15-24(20-6-4-3-5-7-20)34(31-23)17-27(35)33-12-10-32(11-13-33)25-16-26(36-2)30-18-29-25;27-25(28)21-9-7-19(8-10-21)22-17-23(20-5-2-1-3-6-20)34(31-22)18-24(35)32-13-15-33(16-14-32)26-29-11-4-12-30-26/h2-10,15-16,18,27H,11-14,17H2,1H3;3-9,14-16,18H,10-13,17H2,1-2H3;1-12,17,25H,13-16,18H2. The summed E-state index contributed by atoms with van der Waals surface area (Å²) in [5.74, 6) is 2.85. The van der Waals surface area contributed by atoms with Crippen molar-refractivity contribution in [1.29, 1.82) is 0 Å². The molecular weight excluding hydrogens is 1390 g/mol. The van der Waals surface area contributed by atoms with Crippen LogP contribution in [-0.4, -0.2) is 184 Å². The number of rotatable bonds is 19. The van der Waals surface area contributed by atoms with E-state index in [2.05, 4.69) is 54.8 Å². The molecule has 3 amide bonds. The highest BCUT2D eigenvalue weighted by molar-refractivity contribution is 5.81. The third-order valence-corrected chi connectivity index (χ3v) is 18.8. The first-order valence-corrected chi connectivity index (χ1v) is 35.1. The fourth-order valence-corrected chi connectivity index (χ4v) is 12.8. The molecule has 0 spiro atoms. The zero-order valence-corrected chi connectivity index (χ0v) is 59.5. The van der Waals surface area contributed by atoms with Gasteiger partial charge >= 0.3 is 0 Å². The number of anilines is 3. The number of aromatic nitrogens is 12. The van der Waals surface area contributed by atoms with E-state index in [9.17, 15) is 36.3 Å². The lowest BCUT2D eigenvalue weighted by molar-refractivity contribution is -0.133. The van der Waals surface area contributed by atoms with Gasteiger partial charge in [-0.2, -0.15) is 15.3 Å². The monoisotopic (exact) mass is 1460 g/mol. The molecule has 3 saturated heterocycles. The van der Waals surface area contributed by atoms with Gasteiger partial charge in [-0.1, -0.05) is 152 Å². The quantitative estimate of drug-likeness (QED) is 0.0687. The fraction of sp³-hybridized carbons (Fsp3) is 0.250. The van der Waals surface area contributed by atoms with Crippen molar-refractivity contribution in [2.24, 2.45) is 0 Å². The van der Waals surface area contributed by atoms with Crippen molar-refractivity contribution in [3.8, 4) is 79.3 Å². The maximum atomic E-state index is 14.2. The largest absolute Gasteiger partial charge is 0.481 e. The van der Waals surface area contributed by atoms with Crippen LogP contribution in [0.1, 0.15) is 29.5 Å². The maximum Gasteiger partial charge on any atom is 0.263 e. The summed E-state index contributed by atoms with van der Waals surface area (Å²) in [7, 11) is 3.13. The van der Waals surface area contributed by atoms with Crippen LogP contribution in [0.3, 0.4) is 0 Å². The van der Waals surface area contributed by atoms with Gasteiger partial charge in [-0.15, -0.1) is 0 Å². The van der Waals surface area contributed by atoms with Crippen LogP contribution >= 0.6 is 0 Å². The number of carbonyl (C=O) groups is 3. The third-order valence-electron chi connectivity index (χ3n) is 18.8. The topological polar surface area (TPSA) is 220 Å². The van der Waals surface area contributed by atoms with Gasteiger partial charge in [0.15, 0.2) is 0 Å². The van der Waals surface area contributed by atoms with E-state index in [0.717, 1.165) is 45.4 Å². The summed E-state index contributed by atoms with van der Waals surface area (Å²) in [4.78, 5) is 76.8. The minimum absolute atomic E-state index is 0.0168. The van der Waals surface area contributed by atoms with E-state index >= 15 is 0 Å². The predicted octanol–water partition coefficient (Wildman–Crippen LogP) is 12.4. The molecule has 6 aromatic carbocycles. The van der Waals surface area contributed by atoms with Crippen LogP contribution in [0.15, 0.2) is 219 Å². The number of hydrogen-bond acceptors (Lipinski definition) is 17. The Bertz CT molecular complexity index is 4980. The lowest BCUT2D eigenvalue weighted by Crippen LogP contribution is -2.50. The van der Waals surface area contributed by atoms with Gasteiger partial charge in [0.1, 0.15) is 49.7 Å². The van der Waals surface area contributed by atoms with Crippen molar-refractivity contribution in [1.82, 2.24) is 73.9 Å².